The van der Waals surface area contributed by atoms with E-state index in [-0.39, 0.29) is 16.3 Å². The van der Waals surface area contributed by atoms with Crippen LogP contribution in [0.3, 0.4) is 0 Å². The first-order valence-corrected chi connectivity index (χ1v) is 4.23. The maximum absolute atomic E-state index is 13.3. The fraction of sp³-hybridized carbons (Fsp3) is 0.333. The van der Waals surface area contributed by atoms with Gasteiger partial charge in [0.15, 0.2) is 17.3 Å². The van der Waals surface area contributed by atoms with Gasteiger partial charge in [0, 0.05) is 6.07 Å². The highest BCUT2D eigenvalue weighted by atomic mass is 35.5. The summed E-state index contributed by atoms with van der Waals surface area (Å²) in [4.78, 5) is 0. The highest BCUT2D eigenvalue weighted by molar-refractivity contribution is 6.31. The van der Waals surface area contributed by atoms with Crippen LogP contribution in [0.2, 0.25) is 5.02 Å². The molecule has 0 bridgehead atoms. The van der Waals surface area contributed by atoms with Gasteiger partial charge in [-0.05, 0) is 0 Å². The maximum atomic E-state index is 13.3. The van der Waals surface area contributed by atoms with Crippen LogP contribution in [-0.2, 0) is 6.61 Å². The summed E-state index contributed by atoms with van der Waals surface area (Å²) >= 11 is 5.58. The van der Waals surface area contributed by atoms with Crippen molar-refractivity contribution in [2.75, 3.05) is 14.2 Å². The molecular weight excluding hydrogens is 211 g/mol. The van der Waals surface area contributed by atoms with Crippen LogP contribution in [0.5, 0.6) is 11.5 Å². The molecule has 0 radical (unpaired) electrons. The van der Waals surface area contributed by atoms with Crippen LogP contribution in [0.4, 0.5) is 4.39 Å². The smallest absolute Gasteiger partial charge is 0.169 e. The average Bonchev–Trinajstić information content (AvgIpc) is 2.20. The van der Waals surface area contributed by atoms with Crippen LogP contribution < -0.4 is 9.47 Å². The zero-order valence-corrected chi connectivity index (χ0v) is 8.56. The van der Waals surface area contributed by atoms with Gasteiger partial charge in [-0.3, -0.25) is 0 Å². The number of hydrogen-bond donors (Lipinski definition) is 1. The Morgan fingerprint density at radius 2 is 2.07 bits per heavy atom. The summed E-state index contributed by atoms with van der Waals surface area (Å²) < 4.78 is 23.2. The van der Waals surface area contributed by atoms with E-state index in [0.29, 0.717) is 5.75 Å². The van der Waals surface area contributed by atoms with Gasteiger partial charge in [-0.15, -0.1) is 0 Å². The molecule has 14 heavy (non-hydrogen) atoms. The SMILES string of the molecule is COc1cc(Cl)c(F)c(CO)c1OC. The van der Waals surface area contributed by atoms with Gasteiger partial charge in [0.05, 0.1) is 31.4 Å². The van der Waals surface area contributed by atoms with Gasteiger partial charge in [-0.2, -0.15) is 0 Å². The minimum absolute atomic E-state index is 0.00292. The Kier molecular flexibility index (Phi) is 3.55. The summed E-state index contributed by atoms with van der Waals surface area (Å²) in [6, 6.07) is 1.30. The average molecular weight is 221 g/mol. The van der Waals surface area contributed by atoms with Crippen molar-refractivity contribution in [3.05, 3.63) is 22.5 Å². The molecule has 5 heteroatoms. The highest BCUT2D eigenvalue weighted by Gasteiger charge is 2.17. The summed E-state index contributed by atoms with van der Waals surface area (Å²) in [6.45, 7) is -0.494. The Morgan fingerprint density at radius 1 is 1.43 bits per heavy atom. The van der Waals surface area contributed by atoms with Crippen molar-refractivity contribution in [2.45, 2.75) is 6.61 Å². The van der Waals surface area contributed by atoms with Crippen molar-refractivity contribution in [3.63, 3.8) is 0 Å². The fourth-order valence-corrected chi connectivity index (χ4v) is 1.37. The molecule has 0 amide bonds. The van der Waals surface area contributed by atoms with Gasteiger partial charge in [-0.1, -0.05) is 11.6 Å². The second-order valence-electron chi connectivity index (χ2n) is 2.54. The first-order chi connectivity index (χ1) is 6.65. The minimum Gasteiger partial charge on any atom is -0.493 e. The highest BCUT2D eigenvalue weighted by Crippen LogP contribution is 2.36. The summed E-state index contributed by atoms with van der Waals surface area (Å²) in [6.07, 6.45) is 0. The van der Waals surface area contributed by atoms with Crippen molar-refractivity contribution >= 4 is 11.6 Å². The van der Waals surface area contributed by atoms with E-state index in [4.69, 9.17) is 26.2 Å². The van der Waals surface area contributed by atoms with Crippen LogP contribution in [0.25, 0.3) is 0 Å². The molecule has 0 spiro atoms. The second-order valence-corrected chi connectivity index (χ2v) is 2.95. The molecule has 0 unspecified atom stereocenters. The summed E-state index contributed by atoms with van der Waals surface area (Å²) in [7, 11) is 2.78. The first kappa shape index (κ1) is 11.1. The van der Waals surface area contributed by atoms with E-state index in [1.807, 2.05) is 0 Å². The number of methoxy groups -OCH3 is 2. The lowest BCUT2D eigenvalue weighted by Gasteiger charge is -2.12. The Morgan fingerprint density at radius 3 is 2.50 bits per heavy atom. The molecule has 0 saturated carbocycles. The van der Waals surface area contributed by atoms with Crippen LogP contribution >= 0.6 is 11.6 Å². The molecule has 0 atom stereocenters. The predicted molar refractivity (Wildman–Crippen MR) is 50.4 cm³/mol. The molecule has 1 N–H and O–H groups in total. The zero-order valence-electron chi connectivity index (χ0n) is 7.80. The van der Waals surface area contributed by atoms with Gasteiger partial charge >= 0.3 is 0 Å². The molecule has 0 heterocycles. The quantitative estimate of drug-likeness (QED) is 0.847. The van der Waals surface area contributed by atoms with Crippen molar-refractivity contribution in [3.8, 4) is 11.5 Å². The Hall–Kier alpha value is -1.00. The van der Waals surface area contributed by atoms with Gasteiger partial charge in [0.2, 0.25) is 0 Å². The third kappa shape index (κ3) is 1.76. The molecule has 0 aliphatic rings. The molecule has 0 saturated heterocycles. The van der Waals surface area contributed by atoms with Gasteiger partial charge < -0.3 is 14.6 Å². The Bertz CT molecular complexity index is 341. The number of hydrogen-bond acceptors (Lipinski definition) is 3. The van der Waals surface area contributed by atoms with E-state index in [9.17, 15) is 4.39 Å². The normalized spacial score (nSPS) is 10.1. The summed E-state index contributed by atoms with van der Waals surface area (Å²) in [5.74, 6) is -0.230. The predicted octanol–water partition coefficient (Wildman–Crippen LogP) is 1.99. The Balaban J connectivity index is 3.42. The topological polar surface area (TPSA) is 38.7 Å². The number of aliphatic hydroxyl groups is 1. The third-order valence-electron chi connectivity index (χ3n) is 1.81. The molecular formula is C9H10ClFO3. The lowest BCUT2D eigenvalue weighted by molar-refractivity contribution is 0.263. The third-order valence-corrected chi connectivity index (χ3v) is 2.09. The van der Waals surface area contributed by atoms with Crippen LogP contribution in [0.1, 0.15) is 5.56 Å². The van der Waals surface area contributed by atoms with E-state index >= 15 is 0 Å². The van der Waals surface area contributed by atoms with Crippen LogP contribution in [0, 0.1) is 5.82 Å². The monoisotopic (exact) mass is 220 g/mol. The van der Waals surface area contributed by atoms with Gasteiger partial charge in [0.1, 0.15) is 0 Å². The van der Waals surface area contributed by atoms with E-state index in [1.54, 1.807) is 0 Å². The number of aliphatic hydroxyl groups excluding tert-OH is 1. The number of benzene rings is 1. The minimum atomic E-state index is -0.688. The van der Waals surface area contributed by atoms with Crippen molar-refractivity contribution in [1.29, 1.82) is 0 Å². The largest absolute Gasteiger partial charge is 0.493 e. The zero-order chi connectivity index (χ0) is 10.7. The molecule has 3 nitrogen and oxygen atoms in total. The molecule has 1 rings (SSSR count). The van der Waals surface area contributed by atoms with Crippen LogP contribution in [-0.4, -0.2) is 19.3 Å². The number of halogens is 2. The summed E-state index contributed by atoms with van der Waals surface area (Å²) in [5.41, 5.74) is -0.00292. The lowest BCUT2D eigenvalue weighted by Crippen LogP contribution is -2.00. The van der Waals surface area contributed by atoms with E-state index in [1.165, 1.54) is 20.3 Å². The molecule has 0 aliphatic carbocycles. The van der Waals surface area contributed by atoms with E-state index in [2.05, 4.69) is 0 Å². The fourth-order valence-electron chi connectivity index (χ4n) is 1.15. The Labute approximate surface area is 86.0 Å². The summed E-state index contributed by atoms with van der Waals surface area (Å²) in [5, 5.41) is 8.84. The molecule has 0 fully saturated rings. The number of rotatable bonds is 3. The molecule has 0 aromatic heterocycles. The second kappa shape index (κ2) is 4.48. The first-order valence-electron chi connectivity index (χ1n) is 3.85. The van der Waals surface area contributed by atoms with E-state index < -0.39 is 12.4 Å². The van der Waals surface area contributed by atoms with E-state index in [0.717, 1.165) is 0 Å². The van der Waals surface area contributed by atoms with Crippen molar-refractivity contribution in [1.82, 2.24) is 0 Å². The number of ether oxygens (including phenoxy) is 2. The molecule has 0 aliphatic heterocycles. The van der Waals surface area contributed by atoms with Crippen molar-refractivity contribution < 1.29 is 19.0 Å². The molecule has 1 aromatic rings. The maximum Gasteiger partial charge on any atom is 0.169 e. The van der Waals surface area contributed by atoms with Crippen molar-refractivity contribution in [2.24, 2.45) is 0 Å². The van der Waals surface area contributed by atoms with Crippen LogP contribution in [0.15, 0.2) is 6.07 Å². The molecule has 78 valence electrons. The van der Waals surface area contributed by atoms with Gasteiger partial charge in [0.25, 0.3) is 0 Å². The standard InChI is InChI=1S/C9H10ClFO3/c1-13-7-3-6(10)8(11)5(4-12)9(7)14-2/h3,12H,4H2,1-2H3. The molecule has 1 aromatic carbocycles. The van der Waals surface area contributed by atoms with Gasteiger partial charge in [-0.25, -0.2) is 4.39 Å². The lowest BCUT2D eigenvalue weighted by atomic mass is 10.2.